The monoisotopic (exact) mass is 325 g/mol. The van der Waals surface area contributed by atoms with Crippen LogP contribution in [0.25, 0.3) is 22.2 Å². The SMILES string of the molecule is COc1cc(OC)c2c(=O)cc(-c3ccc4c(c3)OCO4)[nH]c2c1. The van der Waals surface area contributed by atoms with Gasteiger partial charge in [0.05, 0.1) is 25.1 Å². The summed E-state index contributed by atoms with van der Waals surface area (Å²) in [5.41, 5.74) is 2.03. The summed E-state index contributed by atoms with van der Waals surface area (Å²) in [4.78, 5) is 15.9. The Bertz CT molecular complexity index is 993. The smallest absolute Gasteiger partial charge is 0.231 e. The summed E-state index contributed by atoms with van der Waals surface area (Å²) in [6.07, 6.45) is 0. The molecule has 2 heterocycles. The van der Waals surface area contributed by atoms with E-state index in [9.17, 15) is 4.79 Å². The second-order valence-corrected chi connectivity index (χ2v) is 5.37. The molecule has 1 aliphatic heterocycles. The van der Waals surface area contributed by atoms with Crippen LogP contribution in [0.5, 0.6) is 23.0 Å². The van der Waals surface area contributed by atoms with Crippen molar-refractivity contribution in [1.29, 1.82) is 0 Å². The van der Waals surface area contributed by atoms with Crippen molar-refractivity contribution < 1.29 is 18.9 Å². The minimum atomic E-state index is -0.129. The van der Waals surface area contributed by atoms with Crippen LogP contribution in [0.2, 0.25) is 0 Å². The number of nitrogens with one attached hydrogen (secondary N) is 1. The highest BCUT2D eigenvalue weighted by Crippen LogP contribution is 2.36. The van der Waals surface area contributed by atoms with Gasteiger partial charge in [-0.25, -0.2) is 0 Å². The van der Waals surface area contributed by atoms with E-state index < -0.39 is 0 Å². The van der Waals surface area contributed by atoms with E-state index >= 15 is 0 Å². The molecule has 0 unspecified atom stereocenters. The molecular weight excluding hydrogens is 310 g/mol. The molecule has 2 aromatic carbocycles. The zero-order chi connectivity index (χ0) is 16.7. The normalized spacial score (nSPS) is 12.4. The highest BCUT2D eigenvalue weighted by Gasteiger charge is 2.16. The third-order valence-corrected chi connectivity index (χ3v) is 4.01. The molecule has 0 bridgehead atoms. The first-order valence-electron chi connectivity index (χ1n) is 7.38. The third kappa shape index (κ3) is 2.23. The van der Waals surface area contributed by atoms with Gasteiger partial charge in [0, 0.05) is 29.5 Å². The number of fused-ring (bicyclic) bond motifs is 2. The van der Waals surface area contributed by atoms with Gasteiger partial charge >= 0.3 is 0 Å². The Morgan fingerprint density at radius 1 is 1.00 bits per heavy atom. The highest BCUT2D eigenvalue weighted by molar-refractivity contribution is 5.88. The molecule has 0 atom stereocenters. The Morgan fingerprint density at radius 3 is 2.62 bits per heavy atom. The van der Waals surface area contributed by atoms with E-state index in [1.165, 1.54) is 7.11 Å². The second kappa shape index (κ2) is 5.49. The van der Waals surface area contributed by atoms with E-state index in [-0.39, 0.29) is 12.2 Å². The van der Waals surface area contributed by atoms with E-state index in [1.807, 2.05) is 18.2 Å². The number of aromatic amines is 1. The average molecular weight is 325 g/mol. The lowest BCUT2D eigenvalue weighted by Gasteiger charge is -2.10. The molecule has 0 saturated carbocycles. The lowest BCUT2D eigenvalue weighted by molar-refractivity contribution is 0.174. The fourth-order valence-corrected chi connectivity index (χ4v) is 2.83. The molecule has 0 spiro atoms. The zero-order valence-corrected chi connectivity index (χ0v) is 13.2. The van der Waals surface area contributed by atoms with Gasteiger partial charge in [0.25, 0.3) is 0 Å². The van der Waals surface area contributed by atoms with Gasteiger partial charge in [0.2, 0.25) is 6.79 Å². The van der Waals surface area contributed by atoms with E-state index in [4.69, 9.17) is 18.9 Å². The topological polar surface area (TPSA) is 69.8 Å². The molecule has 3 aromatic rings. The maximum absolute atomic E-state index is 12.6. The van der Waals surface area contributed by atoms with Crippen molar-refractivity contribution in [1.82, 2.24) is 4.98 Å². The summed E-state index contributed by atoms with van der Waals surface area (Å²) in [5, 5.41) is 0.489. The Labute approximate surface area is 137 Å². The minimum Gasteiger partial charge on any atom is -0.497 e. The summed E-state index contributed by atoms with van der Waals surface area (Å²) in [6, 6.07) is 10.6. The molecule has 6 nitrogen and oxygen atoms in total. The second-order valence-electron chi connectivity index (χ2n) is 5.37. The molecular formula is C18H15NO5. The number of hydrogen-bond donors (Lipinski definition) is 1. The van der Waals surface area contributed by atoms with Gasteiger partial charge in [0.15, 0.2) is 16.9 Å². The van der Waals surface area contributed by atoms with Crippen LogP contribution in [-0.4, -0.2) is 26.0 Å². The first kappa shape index (κ1) is 14.4. The van der Waals surface area contributed by atoms with Crippen LogP contribution in [0, 0.1) is 0 Å². The molecule has 122 valence electrons. The van der Waals surface area contributed by atoms with Gasteiger partial charge in [-0.05, 0) is 18.2 Å². The molecule has 1 N–H and O–H groups in total. The van der Waals surface area contributed by atoms with Gasteiger partial charge in [-0.15, -0.1) is 0 Å². The maximum atomic E-state index is 12.6. The van der Waals surface area contributed by atoms with Crippen LogP contribution in [0.1, 0.15) is 0 Å². The summed E-state index contributed by atoms with van der Waals surface area (Å²) >= 11 is 0. The molecule has 1 aromatic heterocycles. The standard InChI is InChI=1S/C18H15NO5/c1-21-11-6-13-18(17(7-11)22-2)14(20)8-12(19-13)10-3-4-15-16(5-10)24-9-23-15/h3-8H,9H2,1-2H3,(H,19,20). The lowest BCUT2D eigenvalue weighted by Crippen LogP contribution is -2.05. The number of rotatable bonds is 3. The molecule has 0 amide bonds. The molecule has 0 aliphatic carbocycles. The molecule has 0 radical (unpaired) electrons. The summed E-state index contributed by atoms with van der Waals surface area (Å²) in [7, 11) is 3.10. The van der Waals surface area contributed by atoms with E-state index in [2.05, 4.69) is 4.98 Å². The van der Waals surface area contributed by atoms with Crippen LogP contribution in [-0.2, 0) is 0 Å². The van der Waals surface area contributed by atoms with Gasteiger partial charge in [0.1, 0.15) is 11.5 Å². The first-order chi connectivity index (χ1) is 11.7. The quantitative estimate of drug-likeness (QED) is 0.802. The third-order valence-electron chi connectivity index (χ3n) is 4.01. The van der Waals surface area contributed by atoms with E-state index in [0.29, 0.717) is 39.6 Å². The Kier molecular flexibility index (Phi) is 3.30. The van der Waals surface area contributed by atoms with Gasteiger partial charge in [-0.2, -0.15) is 0 Å². The molecule has 0 fully saturated rings. The number of H-pyrrole nitrogens is 1. The maximum Gasteiger partial charge on any atom is 0.231 e. The number of ether oxygens (including phenoxy) is 4. The number of pyridine rings is 1. The van der Waals surface area contributed by atoms with Crippen molar-refractivity contribution in [3.63, 3.8) is 0 Å². The van der Waals surface area contributed by atoms with E-state index in [0.717, 1.165) is 5.56 Å². The Hall–Kier alpha value is -3.15. The summed E-state index contributed by atoms with van der Waals surface area (Å²) in [5.74, 6) is 2.45. The van der Waals surface area contributed by atoms with Crippen molar-refractivity contribution in [2.75, 3.05) is 21.0 Å². The van der Waals surface area contributed by atoms with E-state index in [1.54, 1.807) is 25.3 Å². The highest BCUT2D eigenvalue weighted by atomic mass is 16.7. The van der Waals surface area contributed by atoms with Gasteiger partial charge < -0.3 is 23.9 Å². The number of hydrogen-bond acceptors (Lipinski definition) is 5. The molecule has 0 saturated heterocycles. The largest absolute Gasteiger partial charge is 0.497 e. The number of methoxy groups -OCH3 is 2. The van der Waals surface area contributed by atoms with Crippen LogP contribution in [0.15, 0.2) is 41.2 Å². The molecule has 6 heteroatoms. The van der Waals surface area contributed by atoms with Crippen molar-refractivity contribution in [2.24, 2.45) is 0 Å². The molecule has 4 rings (SSSR count). The van der Waals surface area contributed by atoms with Crippen LogP contribution in [0.3, 0.4) is 0 Å². The van der Waals surface area contributed by atoms with Gasteiger partial charge in [-0.3, -0.25) is 4.79 Å². The number of aromatic nitrogens is 1. The van der Waals surface area contributed by atoms with Crippen LogP contribution < -0.4 is 24.4 Å². The first-order valence-corrected chi connectivity index (χ1v) is 7.38. The predicted octanol–water partition coefficient (Wildman–Crippen LogP) is 2.94. The van der Waals surface area contributed by atoms with Crippen LogP contribution in [0.4, 0.5) is 0 Å². The van der Waals surface area contributed by atoms with Crippen molar-refractivity contribution >= 4 is 10.9 Å². The predicted molar refractivity (Wildman–Crippen MR) is 89.2 cm³/mol. The number of benzene rings is 2. The summed E-state index contributed by atoms with van der Waals surface area (Å²) < 4.78 is 21.3. The fourth-order valence-electron chi connectivity index (χ4n) is 2.83. The zero-order valence-electron chi connectivity index (χ0n) is 13.2. The van der Waals surface area contributed by atoms with Crippen molar-refractivity contribution in [3.8, 4) is 34.3 Å². The van der Waals surface area contributed by atoms with Crippen molar-refractivity contribution in [2.45, 2.75) is 0 Å². The van der Waals surface area contributed by atoms with Gasteiger partial charge in [-0.1, -0.05) is 0 Å². The minimum absolute atomic E-state index is 0.129. The molecule has 24 heavy (non-hydrogen) atoms. The average Bonchev–Trinajstić information content (AvgIpc) is 3.08. The van der Waals surface area contributed by atoms with Crippen molar-refractivity contribution in [3.05, 3.63) is 46.6 Å². The Balaban J connectivity index is 1.93. The summed E-state index contributed by atoms with van der Waals surface area (Å²) in [6.45, 7) is 0.210. The lowest BCUT2D eigenvalue weighted by atomic mass is 10.1. The molecule has 1 aliphatic rings. The fraction of sp³-hybridized carbons (Fsp3) is 0.167. The Morgan fingerprint density at radius 2 is 1.83 bits per heavy atom. The van der Waals surface area contributed by atoms with Crippen LogP contribution >= 0.6 is 0 Å².